The molecular weight excluding hydrogens is 381 g/mol. The van der Waals surface area contributed by atoms with Gasteiger partial charge in [0, 0.05) is 29.7 Å². The van der Waals surface area contributed by atoms with Crippen LogP contribution in [0.15, 0.2) is 36.4 Å². The zero-order chi connectivity index (χ0) is 18.2. The van der Waals surface area contributed by atoms with E-state index in [1.807, 2.05) is 12.1 Å². The summed E-state index contributed by atoms with van der Waals surface area (Å²) in [6.07, 6.45) is 0. The van der Waals surface area contributed by atoms with Gasteiger partial charge in [0.1, 0.15) is 11.5 Å². The maximum Gasteiger partial charge on any atom is 0.251 e. The molecule has 0 unspecified atom stereocenters. The van der Waals surface area contributed by atoms with E-state index in [0.29, 0.717) is 33.7 Å². The minimum absolute atomic E-state index is 0.160. The lowest BCUT2D eigenvalue weighted by Gasteiger charge is -2.09. The van der Waals surface area contributed by atoms with Crippen LogP contribution in [0.1, 0.15) is 15.9 Å². The molecule has 0 aliphatic heterocycles. The van der Waals surface area contributed by atoms with Crippen LogP contribution < -0.4 is 14.8 Å². The van der Waals surface area contributed by atoms with Crippen molar-refractivity contribution in [2.75, 3.05) is 26.5 Å². The zero-order valence-corrected chi connectivity index (χ0v) is 16.3. The number of rotatable bonds is 8. The predicted molar refractivity (Wildman–Crippen MR) is 105 cm³/mol. The number of carbonyl (C=O) groups is 1. The summed E-state index contributed by atoms with van der Waals surface area (Å²) >= 11 is 13.6. The Morgan fingerprint density at radius 3 is 2.32 bits per heavy atom. The summed E-state index contributed by atoms with van der Waals surface area (Å²) in [6.45, 7) is 0.560. The van der Waals surface area contributed by atoms with Gasteiger partial charge >= 0.3 is 0 Å². The highest BCUT2D eigenvalue weighted by Crippen LogP contribution is 2.25. The molecule has 1 amide bonds. The maximum atomic E-state index is 12.2. The van der Waals surface area contributed by atoms with E-state index in [1.54, 1.807) is 50.2 Å². The molecule has 0 fully saturated rings. The monoisotopic (exact) mass is 399 g/mol. The number of halogens is 2. The quantitative estimate of drug-likeness (QED) is 0.654. The maximum absolute atomic E-state index is 12.2. The van der Waals surface area contributed by atoms with Gasteiger partial charge in [0.25, 0.3) is 5.91 Å². The second-order valence-electron chi connectivity index (χ2n) is 5.16. The molecule has 2 aromatic carbocycles. The van der Waals surface area contributed by atoms with Gasteiger partial charge in [-0.05, 0) is 29.8 Å². The Morgan fingerprint density at radius 2 is 1.72 bits per heavy atom. The molecule has 2 aromatic rings. The Bertz CT molecular complexity index is 718. The SMILES string of the molecule is COc1cc(OC)cc(C(=O)NCCSCc2ccc(Cl)c(Cl)c2)c1. The number of thioether (sulfide) groups is 1. The van der Waals surface area contributed by atoms with E-state index in [9.17, 15) is 4.79 Å². The van der Waals surface area contributed by atoms with Gasteiger partial charge < -0.3 is 14.8 Å². The molecule has 134 valence electrons. The molecule has 0 atom stereocenters. The first-order chi connectivity index (χ1) is 12.0. The second-order valence-corrected chi connectivity index (χ2v) is 7.08. The van der Waals surface area contributed by atoms with Crippen molar-refractivity contribution < 1.29 is 14.3 Å². The topological polar surface area (TPSA) is 47.6 Å². The Morgan fingerprint density at radius 1 is 1.04 bits per heavy atom. The van der Waals surface area contributed by atoms with E-state index in [1.165, 1.54) is 0 Å². The summed E-state index contributed by atoms with van der Waals surface area (Å²) in [7, 11) is 3.10. The number of ether oxygens (including phenoxy) is 2. The number of hydrogen-bond donors (Lipinski definition) is 1. The lowest BCUT2D eigenvalue weighted by atomic mass is 10.2. The Labute approximate surface area is 161 Å². The molecule has 0 heterocycles. The molecular formula is C18H19Cl2NO3S. The van der Waals surface area contributed by atoms with Gasteiger partial charge in [-0.2, -0.15) is 11.8 Å². The van der Waals surface area contributed by atoms with E-state index in [2.05, 4.69) is 5.32 Å². The number of methoxy groups -OCH3 is 2. The molecule has 0 radical (unpaired) electrons. The van der Waals surface area contributed by atoms with Gasteiger partial charge in [-0.3, -0.25) is 4.79 Å². The Hall–Kier alpha value is -1.56. The van der Waals surface area contributed by atoms with Crippen molar-refractivity contribution in [2.24, 2.45) is 0 Å². The largest absolute Gasteiger partial charge is 0.497 e. The van der Waals surface area contributed by atoms with Gasteiger partial charge in [-0.15, -0.1) is 0 Å². The molecule has 25 heavy (non-hydrogen) atoms. The molecule has 0 aromatic heterocycles. The van der Waals surface area contributed by atoms with Crippen LogP contribution in [0.5, 0.6) is 11.5 Å². The fourth-order valence-corrected chi connectivity index (χ4v) is 3.22. The molecule has 0 aliphatic rings. The second kappa shape index (κ2) is 9.80. The molecule has 2 rings (SSSR count). The first kappa shape index (κ1) is 19.8. The van der Waals surface area contributed by atoms with E-state index in [4.69, 9.17) is 32.7 Å². The average Bonchev–Trinajstić information content (AvgIpc) is 2.63. The van der Waals surface area contributed by atoms with E-state index >= 15 is 0 Å². The number of benzene rings is 2. The third-order valence-electron chi connectivity index (χ3n) is 3.40. The zero-order valence-electron chi connectivity index (χ0n) is 14.0. The Balaban J connectivity index is 1.79. The van der Waals surface area contributed by atoms with Crippen LogP contribution in [0.2, 0.25) is 10.0 Å². The molecule has 0 saturated heterocycles. The standard InChI is InChI=1S/C18H19Cl2NO3S/c1-23-14-8-13(9-15(10-14)24-2)18(22)21-5-6-25-11-12-3-4-16(19)17(20)7-12/h3-4,7-10H,5-6,11H2,1-2H3,(H,21,22). The van der Waals surface area contributed by atoms with Gasteiger partial charge in [0.15, 0.2) is 0 Å². The van der Waals surface area contributed by atoms with Crippen LogP contribution in [-0.2, 0) is 5.75 Å². The van der Waals surface area contributed by atoms with Crippen LogP contribution >= 0.6 is 35.0 Å². The normalized spacial score (nSPS) is 10.4. The molecule has 1 N–H and O–H groups in total. The van der Waals surface area contributed by atoms with Crippen LogP contribution in [0.25, 0.3) is 0 Å². The average molecular weight is 400 g/mol. The van der Waals surface area contributed by atoms with Gasteiger partial charge in [-0.25, -0.2) is 0 Å². The summed E-state index contributed by atoms with van der Waals surface area (Å²) in [6, 6.07) is 10.7. The van der Waals surface area contributed by atoms with Crippen molar-refractivity contribution in [1.29, 1.82) is 0 Å². The summed E-state index contributed by atoms with van der Waals surface area (Å²) in [5, 5.41) is 4.00. The number of amides is 1. The first-order valence-corrected chi connectivity index (χ1v) is 9.47. The fourth-order valence-electron chi connectivity index (χ4n) is 2.10. The van der Waals surface area contributed by atoms with Gasteiger partial charge in [0.05, 0.1) is 24.3 Å². The van der Waals surface area contributed by atoms with Gasteiger partial charge in [-0.1, -0.05) is 29.3 Å². The first-order valence-electron chi connectivity index (χ1n) is 7.56. The highest BCUT2D eigenvalue weighted by Gasteiger charge is 2.09. The Kier molecular flexibility index (Phi) is 7.75. The molecule has 0 aliphatic carbocycles. The van der Waals surface area contributed by atoms with Crippen LogP contribution in [0, 0.1) is 0 Å². The number of carbonyl (C=O) groups excluding carboxylic acids is 1. The van der Waals surface area contributed by atoms with Crippen molar-refractivity contribution in [1.82, 2.24) is 5.32 Å². The molecule has 0 saturated carbocycles. The lowest BCUT2D eigenvalue weighted by Crippen LogP contribution is -2.25. The minimum Gasteiger partial charge on any atom is -0.497 e. The lowest BCUT2D eigenvalue weighted by molar-refractivity contribution is 0.0955. The van der Waals surface area contributed by atoms with Crippen molar-refractivity contribution in [3.8, 4) is 11.5 Å². The van der Waals surface area contributed by atoms with Crippen LogP contribution in [-0.4, -0.2) is 32.4 Å². The van der Waals surface area contributed by atoms with Gasteiger partial charge in [0.2, 0.25) is 0 Å². The molecule has 4 nitrogen and oxygen atoms in total. The predicted octanol–water partition coefficient (Wildman–Crippen LogP) is 4.67. The van der Waals surface area contributed by atoms with Crippen molar-refractivity contribution in [3.63, 3.8) is 0 Å². The van der Waals surface area contributed by atoms with Crippen molar-refractivity contribution in [2.45, 2.75) is 5.75 Å². The third-order valence-corrected chi connectivity index (χ3v) is 5.17. The van der Waals surface area contributed by atoms with Crippen LogP contribution in [0.3, 0.4) is 0 Å². The smallest absolute Gasteiger partial charge is 0.251 e. The molecule has 0 bridgehead atoms. The third kappa shape index (κ3) is 6.03. The van der Waals surface area contributed by atoms with Crippen molar-refractivity contribution in [3.05, 3.63) is 57.6 Å². The van der Waals surface area contributed by atoms with E-state index in [-0.39, 0.29) is 5.91 Å². The highest BCUT2D eigenvalue weighted by atomic mass is 35.5. The number of hydrogen-bond acceptors (Lipinski definition) is 4. The minimum atomic E-state index is -0.160. The summed E-state index contributed by atoms with van der Waals surface area (Å²) in [5.74, 6) is 2.59. The van der Waals surface area contributed by atoms with E-state index < -0.39 is 0 Å². The summed E-state index contributed by atoms with van der Waals surface area (Å²) in [5.41, 5.74) is 1.61. The molecule has 7 heteroatoms. The number of nitrogens with one attached hydrogen (secondary N) is 1. The fraction of sp³-hybridized carbons (Fsp3) is 0.278. The summed E-state index contributed by atoms with van der Waals surface area (Å²) < 4.78 is 10.3. The molecule has 0 spiro atoms. The van der Waals surface area contributed by atoms with E-state index in [0.717, 1.165) is 17.1 Å². The highest BCUT2D eigenvalue weighted by molar-refractivity contribution is 7.98. The van der Waals surface area contributed by atoms with Crippen molar-refractivity contribution >= 4 is 40.9 Å². The summed E-state index contributed by atoms with van der Waals surface area (Å²) in [4.78, 5) is 12.2. The van der Waals surface area contributed by atoms with Crippen LogP contribution in [0.4, 0.5) is 0 Å².